The van der Waals surface area contributed by atoms with Crippen molar-refractivity contribution >= 4 is 41.1 Å². The van der Waals surface area contributed by atoms with Crippen molar-refractivity contribution in [1.82, 2.24) is 0 Å². The minimum Gasteiger partial charge on any atom is -0.140 e. The van der Waals surface area contributed by atoms with Crippen LogP contribution >= 0.6 is 22.7 Å². The molecule has 0 radical (unpaired) electrons. The average molecular weight is 419 g/mol. The first kappa shape index (κ1) is 21.3. The Kier molecular flexibility index (Phi) is 7.43. The molecule has 3 rings (SSSR count). The molecule has 0 aromatic carbocycles. The summed E-state index contributed by atoms with van der Waals surface area (Å²) in [5.74, 6) is 0.919. The molecule has 3 heteroatoms. The van der Waals surface area contributed by atoms with Gasteiger partial charge in [0.05, 0.1) is 0 Å². The second-order valence-electron chi connectivity index (χ2n) is 8.71. The molecule has 0 amide bonds. The molecule has 0 fully saturated rings. The number of hydrogen-bond donors (Lipinski definition) is 0. The lowest BCUT2D eigenvalue weighted by Gasteiger charge is -2.33. The second-order valence-corrected chi connectivity index (χ2v) is 15.4. The highest BCUT2D eigenvalue weighted by atomic mass is 32.1. The maximum absolute atomic E-state index is 2.61. The van der Waals surface area contributed by atoms with Crippen LogP contribution < -0.4 is 10.4 Å². The zero-order valence-corrected chi connectivity index (χ0v) is 20.8. The summed E-state index contributed by atoms with van der Waals surface area (Å²) in [6.45, 7) is 11.8. The number of fused-ring (bicyclic) bond motifs is 3. The normalized spacial score (nSPS) is 15.7. The van der Waals surface area contributed by atoms with Gasteiger partial charge in [0.1, 0.15) is 8.07 Å². The van der Waals surface area contributed by atoms with Crippen molar-refractivity contribution in [2.24, 2.45) is 5.92 Å². The molecule has 0 aliphatic carbocycles. The number of thiophene rings is 2. The lowest BCUT2D eigenvalue weighted by atomic mass is 10.0. The van der Waals surface area contributed by atoms with Crippen LogP contribution in [0.1, 0.15) is 81.9 Å². The van der Waals surface area contributed by atoms with E-state index in [2.05, 4.69) is 69.4 Å². The highest BCUT2D eigenvalue weighted by Gasteiger charge is 2.48. The zero-order valence-electron chi connectivity index (χ0n) is 18.1. The molecule has 0 saturated heterocycles. The Bertz CT molecular complexity index is 693. The summed E-state index contributed by atoms with van der Waals surface area (Å²) in [6.07, 6.45) is 11.2. The maximum Gasteiger partial charge on any atom is 0.122 e. The Hall–Kier alpha value is -0.383. The minimum absolute atomic E-state index is 0.919. The average Bonchev–Trinajstić information content (AvgIpc) is 3.28. The van der Waals surface area contributed by atoms with Gasteiger partial charge in [-0.3, -0.25) is 0 Å². The predicted octanol–water partition coefficient (Wildman–Crippen LogP) is 7.77. The number of rotatable bonds is 11. The first-order valence-electron chi connectivity index (χ1n) is 11.3. The summed E-state index contributed by atoms with van der Waals surface area (Å²) in [5.41, 5.74) is 0. The van der Waals surface area contributed by atoms with Crippen molar-refractivity contribution in [3.05, 3.63) is 21.9 Å². The summed E-state index contributed by atoms with van der Waals surface area (Å²) in [7, 11) is -1.60. The standard InChI is InChI=1S/C24H38S2Si/c1-6-9-11-12-14-27(17-20(8-3)13-10-7-2)21-15-18(4)25-23(21)24-22(27)16-19(5)26-24/h15-16,20H,6-14,17H2,1-5H3. The van der Waals surface area contributed by atoms with Crippen LogP contribution in [0.15, 0.2) is 12.1 Å². The molecule has 1 aliphatic rings. The first-order valence-corrected chi connectivity index (χ1v) is 15.3. The summed E-state index contributed by atoms with van der Waals surface area (Å²) < 4.78 is 0. The van der Waals surface area contributed by atoms with E-state index in [0.717, 1.165) is 5.92 Å². The minimum atomic E-state index is -1.60. The van der Waals surface area contributed by atoms with E-state index in [1.807, 2.05) is 10.4 Å². The molecule has 2 aromatic rings. The van der Waals surface area contributed by atoms with Crippen LogP contribution in [0.5, 0.6) is 0 Å². The number of unbranched alkanes of at least 4 members (excludes halogenated alkanes) is 4. The van der Waals surface area contributed by atoms with Crippen molar-refractivity contribution in [3.63, 3.8) is 0 Å². The van der Waals surface area contributed by atoms with E-state index in [1.165, 1.54) is 73.2 Å². The zero-order chi connectivity index (χ0) is 19.4. The van der Waals surface area contributed by atoms with Crippen LogP contribution in [0.2, 0.25) is 12.1 Å². The fourth-order valence-electron chi connectivity index (χ4n) is 5.10. The van der Waals surface area contributed by atoms with Gasteiger partial charge in [-0.2, -0.15) is 0 Å². The van der Waals surface area contributed by atoms with Crippen LogP contribution in [0.3, 0.4) is 0 Å². The second kappa shape index (κ2) is 9.41. The maximum atomic E-state index is 2.61. The highest BCUT2D eigenvalue weighted by Crippen LogP contribution is 2.44. The molecule has 150 valence electrons. The predicted molar refractivity (Wildman–Crippen MR) is 129 cm³/mol. The first-order chi connectivity index (χ1) is 13.1. The summed E-state index contributed by atoms with van der Waals surface area (Å²) in [5, 5.41) is 3.66. The van der Waals surface area contributed by atoms with Gasteiger partial charge in [-0.1, -0.05) is 72.1 Å². The van der Waals surface area contributed by atoms with Crippen molar-refractivity contribution in [2.45, 2.75) is 98.1 Å². The van der Waals surface area contributed by atoms with Crippen molar-refractivity contribution < 1.29 is 0 Å². The van der Waals surface area contributed by atoms with Gasteiger partial charge in [0, 0.05) is 19.5 Å². The SMILES string of the molecule is CCCCCC[Si]1(CC(CC)CCCC)c2cc(C)sc2-c2sc(C)cc21. The molecule has 27 heavy (non-hydrogen) atoms. The summed E-state index contributed by atoms with van der Waals surface area (Å²) in [6, 6.07) is 8.21. The monoisotopic (exact) mass is 418 g/mol. The van der Waals surface area contributed by atoms with Crippen LogP contribution in [-0.4, -0.2) is 8.07 Å². The highest BCUT2D eigenvalue weighted by molar-refractivity contribution is 7.29. The topological polar surface area (TPSA) is 0 Å². The largest absolute Gasteiger partial charge is 0.140 e. The van der Waals surface area contributed by atoms with Gasteiger partial charge in [0.2, 0.25) is 0 Å². The van der Waals surface area contributed by atoms with Crippen LogP contribution in [0.25, 0.3) is 9.75 Å². The molecule has 0 nitrogen and oxygen atoms in total. The molecule has 0 N–H and O–H groups in total. The quantitative estimate of drug-likeness (QED) is 0.258. The molecule has 2 aromatic heterocycles. The molecule has 1 aliphatic heterocycles. The van der Waals surface area contributed by atoms with E-state index < -0.39 is 8.07 Å². The van der Waals surface area contributed by atoms with Crippen molar-refractivity contribution in [2.75, 3.05) is 0 Å². The lowest BCUT2D eigenvalue weighted by molar-refractivity contribution is 0.486. The van der Waals surface area contributed by atoms with Crippen molar-refractivity contribution in [1.29, 1.82) is 0 Å². The van der Waals surface area contributed by atoms with Gasteiger partial charge >= 0.3 is 0 Å². The third-order valence-electron chi connectivity index (χ3n) is 6.59. The molecule has 3 heterocycles. The van der Waals surface area contributed by atoms with Gasteiger partial charge in [0.15, 0.2) is 0 Å². The molecule has 0 spiro atoms. The Morgan fingerprint density at radius 2 is 1.41 bits per heavy atom. The van der Waals surface area contributed by atoms with Gasteiger partial charge in [-0.25, -0.2) is 0 Å². The molecular formula is C24H38S2Si. The van der Waals surface area contributed by atoms with Gasteiger partial charge in [-0.05, 0) is 54.4 Å². The van der Waals surface area contributed by atoms with Gasteiger partial charge in [0.25, 0.3) is 0 Å². The Labute approximate surface area is 176 Å². The summed E-state index contributed by atoms with van der Waals surface area (Å²) >= 11 is 4.15. The fourth-order valence-corrected chi connectivity index (χ4v) is 14.9. The van der Waals surface area contributed by atoms with E-state index in [-0.39, 0.29) is 0 Å². The van der Waals surface area contributed by atoms with E-state index in [1.54, 1.807) is 9.75 Å². The van der Waals surface area contributed by atoms with Crippen LogP contribution in [0.4, 0.5) is 0 Å². The Balaban J connectivity index is 2.00. The lowest BCUT2D eigenvalue weighted by Crippen LogP contribution is -2.55. The number of aryl methyl sites for hydroxylation is 2. The van der Waals surface area contributed by atoms with E-state index in [9.17, 15) is 0 Å². The van der Waals surface area contributed by atoms with E-state index >= 15 is 0 Å². The smallest absolute Gasteiger partial charge is 0.122 e. The number of hydrogen-bond acceptors (Lipinski definition) is 2. The molecule has 1 unspecified atom stereocenters. The van der Waals surface area contributed by atoms with Gasteiger partial charge in [-0.15, -0.1) is 22.7 Å². The fraction of sp³-hybridized carbons (Fsp3) is 0.667. The van der Waals surface area contributed by atoms with E-state index in [4.69, 9.17) is 0 Å². The molecule has 0 saturated carbocycles. The van der Waals surface area contributed by atoms with E-state index in [0.29, 0.717) is 0 Å². The Morgan fingerprint density at radius 3 is 1.93 bits per heavy atom. The molecular weight excluding hydrogens is 380 g/mol. The molecule has 1 atom stereocenters. The van der Waals surface area contributed by atoms with Gasteiger partial charge < -0.3 is 0 Å². The van der Waals surface area contributed by atoms with Crippen LogP contribution in [-0.2, 0) is 0 Å². The summed E-state index contributed by atoms with van der Waals surface area (Å²) in [4.78, 5) is 6.41. The third kappa shape index (κ3) is 4.30. The Morgan fingerprint density at radius 1 is 0.815 bits per heavy atom. The molecule has 0 bridgehead atoms. The third-order valence-corrected chi connectivity index (χ3v) is 14.5. The van der Waals surface area contributed by atoms with Crippen LogP contribution in [0, 0.1) is 19.8 Å². The van der Waals surface area contributed by atoms with Crippen molar-refractivity contribution in [3.8, 4) is 9.75 Å².